The van der Waals surface area contributed by atoms with Crippen molar-refractivity contribution in [1.82, 2.24) is 14.9 Å². The Morgan fingerprint density at radius 2 is 2.11 bits per heavy atom. The van der Waals surface area contributed by atoms with Crippen LogP contribution in [-0.4, -0.2) is 16.1 Å². The first-order chi connectivity index (χ1) is 8.69. The van der Waals surface area contributed by atoms with Gasteiger partial charge in [0.15, 0.2) is 0 Å². The number of hydrogen-bond acceptors (Lipinski definition) is 2. The summed E-state index contributed by atoms with van der Waals surface area (Å²) in [5.41, 5.74) is 5.11. The zero-order chi connectivity index (χ0) is 13.0. The van der Waals surface area contributed by atoms with Crippen molar-refractivity contribution >= 4 is 0 Å². The highest BCUT2D eigenvalue weighted by atomic mass is 15.0. The van der Waals surface area contributed by atoms with Crippen molar-refractivity contribution in [3.63, 3.8) is 0 Å². The Kier molecular flexibility index (Phi) is 4.15. The Morgan fingerprint density at radius 3 is 2.89 bits per heavy atom. The molecule has 0 radical (unpaired) electrons. The first-order valence-electron chi connectivity index (χ1n) is 6.46. The minimum absolute atomic E-state index is 0.844. The Labute approximate surface area is 109 Å². The van der Waals surface area contributed by atoms with E-state index in [1.54, 1.807) is 0 Å². The van der Waals surface area contributed by atoms with Crippen molar-refractivity contribution in [1.29, 1.82) is 0 Å². The van der Waals surface area contributed by atoms with E-state index in [1.807, 2.05) is 6.33 Å². The Bertz CT molecular complexity index is 514. The molecule has 96 valence electrons. The van der Waals surface area contributed by atoms with Gasteiger partial charge in [0.25, 0.3) is 0 Å². The Balaban J connectivity index is 2.08. The monoisotopic (exact) mass is 243 g/mol. The SMILES string of the molecule is CCNCc1cn(Cc2cc(C)ccc2C)cn1. The normalized spacial score (nSPS) is 10.8. The molecule has 1 N–H and O–H groups in total. The largest absolute Gasteiger partial charge is 0.333 e. The molecule has 0 saturated heterocycles. The number of aromatic nitrogens is 2. The number of nitrogens with one attached hydrogen (secondary N) is 1. The number of hydrogen-bond donors (Lipinski definition) is 1. The predicted octanol–water partition coefficient (Wildman–Crippen LogP) is 2.66. The van der Waals surface area contributed by atoms with Gasteiger partial charge in [-0.05, 0) is 31.5 Å². The fourth-order valence-electron chi connectivity index (χ4n) is 2.00. The lowest BCUT2D eigenvalue weighted by atomic mass is 10.1. The van der Waals surface area contributed by atoms with Crippen LogP contribution in [0.25, 0.3) is 0 Å². The Hall–Kier alpha value is -1.61. The third-order valence-electron chi connectivity index (χ3n) is 3.10. The van der Waals surface area contributed by atoms with Crippen LogP contribution >= 0.6 is 0 Å². The number of rotatable bonds is 5. The topological polar surface area (TPSA) is 29.9 Å². The van der Waals surface area contributed by atoms with Gasteiger partial charge in [-0.1, -0.05) is 30.7 Å². The molecular formula is C15H21N3. The summed E-state index contributed by atoms with van der Waals surface area (Å²) in [6.45, 7) is 9.11. The molecule has 1 aromatic carbocycles. The van der Waals surface area contributed by atoms with Crippen LogP contribution in [0, 0.1) is 13.8 Å². The van der Waals surface area contributed by atoms with Crippen molar-refractivity contribution < 1.29 is 0 Å². The van der Waals surface area contributed by atoms with Crippen LogP contribution < -0.4 is 5.32 Å². The maximum Gasteiger partial charge on any atom is 0.0953 e. The summed E-state index contributed by atoms with van der Waals surface area (Å²) in [5, 5.41) is 3.29. The molecule has 0 fully saturated rings. The van der Waals surface area contributed by atoms with E-state index in [0.29, 0.717) is 0 Å². The molecule has 0 aliphatic rings. The molecule has 3 nitrogen and oxygen atoms in total. The first kappa shape index (κ1) is 12.8. The number of imidazole rings is 1. The highest BCUT2D eigenvalue weighted by Gasteiger charge is 2.02. The molecule has 1 heterocycles. The van der Waals surface area contributed by atoms with Crippen LogP contribution in [0.4, 0.5) is 0 Å². The van der Waals surface area contributed by atoms with E-state index in [2.05, 4.69) is 60.0 Å². The molecule has 0 unspecified atom stereocenters. The van der Waals surface area contributed by atoms with E-state index in [1.165, 1.54) is 16.7 Å². The number of aryl methyl sites for hydroxylation is 2. The predicted molar refractivity (Wildman–Crippen MR) is 74.6 cm³/mol. The van der Waals surface area contributed by atoms with Gasteiger partial charge in [-0.25, -0.2) is 4.98 Å². The molecule has 18 heavy (non-hydrogen) atoms. The summed E-state index contributed by atoms with van der Waals surface area (Å²) in [6, 6.07) is 6.59. The van der Waals surface area contributed by atoms with Crippen LogP contribution in [0.2, 0.25) is 0 Å². The zero-order valence-electron chi connectivity index (χ0n) is 11.4. The second kappa shape index (κ2) is 5.83. The number of nitrogens with zero attached hydrogens (tertiary/aromatic N) is 2. The van der Waals surface area contributed by atoms with Crippen LogP contribution in [0.5, 0.6) is 0 Å². The fraction of sp³-hybridized carbons (Fsp3) is 0.400. The van der Waals surface area contributed by atoms with Crippen LogP contribution in [0.3, 0.4) is 0 Å². The summed E-state index contributed by atoms with van der Waals surface area (Å²) in [6.07, 6.45) is 4.03. The van der Waals surface area contributed by atoms with Gasteiger partial charge < -0.3 is 9.88 Å². The molecule has 0 saturated carbocycles. The van der Waals surface area contributed by atoms with Crippen LogP contribution in [0.15, 0.2) is 30.7 Å². The lowest BCUT2D eigenvalue weighted by Crippen LogP contribution is -2.11. The van der Waals surface area contributed by atoms with E-state index in [-0.39, 0.29) is 0 Å². The van der Waals surface area contributed by atoms with E-state index in [4.69, 9.17) is 0 Å². The average molecular weight is 243 g/mol. The zero-order valence-corrected chi connectivity index (χ0v) is 11.4. The molecule has 0 aliphatic heterocycles. The van der Waals surface area contributed by atoms with Crippen molar-refractivity contribution in [2.45, 2.75) is 33.9 Å². The van der Waals surface area contributed by atoms with Gasteiger partial charge in [0, 0.05) is 19.3 Å². The van der Waals surface area contributed by atoms with Gasteiger partial charge in [0.05, 0.1) is 12.0 Å². The quantitative estimate of drug-likeness (QED) is 0.875. The molecule has 0 aliphatic carbocycles. The molecular weight excluding hydrogens is 222 g/mol. The van der Waals surface area contributed by atoms with E-state index >= 15 is 0 Å². The first-order valence-corrected chi connectivity index (χ1v) is 6.46. The molecule has 3 heteroatoms. The van der Waals surface area contributed by atoms with Gasteiger partial charge in [-0.2, -0.15) is 0 Å². The molecule has 0 atom stereocenters. The Morgan fingerprint density at radius 1 is 1.28 bits per heavy atom. The third kappa shape index (κ3) is 3.20. The number of benzene rings is 1. The second-order valence-corrected chi connectivity index (χ2v) is 4.75. The lowest BCUT2D eigenvalue weighted by molar-refractivity contribution is 0.712. The second-order valence-electron chi connectivity index (χ2n) is 4.75. The fourth-order valence-corrected chi connectivity index (χ4v) is 2.00. The van der Waals surface area contributed by atoms with Crippen LogP contribution in [-0.2, 0) is 13.1 Å². The van der Waals surface area contributed by atoms with Gasteiger partial charge in [-0.15, -0.1) is 0 Å². The van der Waals surface area contributed by atoms with E-state index in [0.717, 1.165) is 25.3 Å². The highest BCUT2D eigenvalue weighted by Crippen LogP contribution is 2.12. The minimum atomic E-state index is 0.844. The highest BCUT2D eigenvalue weighted by molar-refractivity contribution is 5.30. The standard InChI is InChI=1S/C15H21N3/c1-4-16-8-15-10-18(11-17-15)9-14-7-12(2)5-6-13(14)3/h5-7,10-11,16H,4,8-9H2,1-3H3. The third-order valence-corrected chi connectivity index (χ3v) is 3.10. The smallest absolute Gasteiger partial charge is 0.0953 e. The van der Waals surface area contributed by atoms with Crippen molar-refractivity contribution in [3.8, 4) is 0 Å². The molecule has 2 rings (SSSR count). The lowest BCUT2D eigenvalue weighted by Gasteiger charge is -2.07. The maximum absolute atomic E-state index is 4.40. The van der Waals surface area contributed by atoms with E-state index < -0.39 is 0 Å². The van der Waals surface area contributed by atoms with Gasteiger partial charge in [-0.3, -0.25) is 0 Å². The summed E-state index contributed by atoms with van der Waals surface area (Å²) < 4.78 is 2.15. The van der Waals surface area contributed by atoms with Gasteiger partial charge in [0.1, 0.15) is 0 Å². The summed E-state index contributed by atoms with van der Waals surface area (Å²) in [7, 11) is 0. The summed E-state index contributed by atoms with van der Waals surface area (Å²) in [4.78, 5) is 4.40. The molecule has 0 amide bonds. The minimum Gasteiger partial charge on any atom is -0.333 e. The van der Waals surface area contributed by atoms with Gasteiger partial charge in [0.2, 0.25) is 0 Å². The summed E-state index contributed by atoms with van der Waals surface area (Å²) in [5.74, 6) is 0. The molecule has 0 bridgehead atoms. The molecule has 2 aromatic rings. The molecule has 0 spiro atoms. The summed E-state index contributed by atoms with van der Waals surface area (Å²) >= 11 is 0. The van der Waals surface area contributed by atoms with Crippen molar-refractivity contribution in [2.75, 3.05) is 6.54 Å². The van der Waals surface area contributed by atoms with Crippen molar-refractivity contribution in [3.05, 3.63) is 53.1 Å². The average Bonchev–Trinajstić information content (AvgIpc) is 2.79. The van der Waals surface area contributed by atoms with Gasteiger partial charge >= 0.3 is 0 Å². The maximum atomic E-state index is 4.40. The van der Waals surface area contributed by atoms with Crippen molar-refractivity contribution in [2.24, 2.45) is 0 Å². The molecule has 1 aromatic heterocycles. The van der Waals surface area contributed by atoms with Crippen LogP contribution in [0.1, 0.15) is 29.3 Å². The van der Waals surface area contributed by atoms with E-state index in [9.17, 15) is 0 Å².